The summed E-state index contributed by atoms with van der Waals surface area (Å²) in [6, 6.07) is 9.67. The summed E-state index contributed by atoms with van der Waals surface area (Å²) in [5.74, 6) is 0.826. The predicted molar refractivity (Wildman–Crippen MR) is 80.4 cm³/mol. The standard InChI is InChI=1S/C15H20N2O3S/c1-20-15-4-2-3-13(11-15)7-10-21(18,19)17-8-5-14(12-16)6-9-17/h2-4,11,14H,5-10H2,1H3. The number of nitrogens with zero attached hydrogens (tertiary/aromatic N) is 2. The third kappa shape index (κ3) is 4.19. The zero-order valence-corrected chi connectivity index (χ0v) is 13.0. The van der Waals surface area contributed by atoms with E-state index in [0.29, 0.717) is 32.4 Å². The van der Waals surface area contributed by atoms with Crippen molar-refractivity contribution in [2.75, 3.05) is 26.0 Å². The lowest BCUT2D eigenvalue weighted by molar-refractivity contribution is 0.310. The molecular weight excluding hydrogens is 288 g/mol. The van der Waals surface area contributed by atoms with Gasteiger partial charge in [0, 0.05) is 19.0 Å². The van der Waals surface area contributed by atoms with Crippen molar-refractivity contribution in [1.82, 2.24) is 4.31 Å². The van der Waals surface area contributed by atoms with Gasteiger partial charge in [0.05, 0.1) is 18.9 Å². The highest BCUT2D eigenvalue weighted by Crippen LogP contribution is 2.20. The van der Waals surface area contributed by atoms with Crippen LogP contribution in [0, 0.1) is 17.2 Å². The molecule has 0 aromatic heterocycles. The Balaban J connectivity index is 1.94. The maximum Gasteiger partial charge on any atom is 0.214 e. The van der Waals surface area contributed by atoms with E-state index in [2.05, 4.69) is 6.07 Å². The number of aryl methyl sites for hydroxylation is 1. The van der Waals surface area contributed by atoms with E-state index in [9.17, 15) is 8.42 Å². The van der Waals surface area contributed by atoms with E-state index in [0.717, 1.165) is 11.3 Å². The number of benzene rings is 1. The molecule has 6 heteroatoms. The fourth-order valence-electron chi connectivity index (χ4n) is 2.47. The maximum atomic E-state index is 12.3. The van der Waals surface area contributed by atoms with E-state index in [4.69, 9.17) is 10.00 Å². The first-order chi connectivity index (χ1) is 10.0. The molecule has 0 spiro atoms. The summed E-state index contributed by atoms with van der Waals surface area (Å²) in [5, 5.41) is 8.85. The summed E-state index contributed by atoms with van der Waals surface area (Å²) in [5.41, 5.74) is 0.949. The van der Waals surface area contributed by atoms with E-state index in [1.165, 1.54) is 4.31 Å². The van der Waals surface area contributed by atoms with Gasteiger partial charge in [-0.3, -0.25) is 0 Å². The minimum absolute atomic E-state index is 0.00478. The minimum Gasteiger partial charge on any atom is -0.497 e. The average molecular weight is 308 g/mol. The molecule has 21 heavy (non-hydrogen) atoms. The van der Waals surface area contributed by atoms with E-state index < -0.39 is 10.0 Å². The van der Waals surface area contributed by atoms with Crippen LogP contribution >= 0.6 is 0 Å². The quantitative estimate of drug-likeness (QED) is 0.831. The van der Waals surface area contributed by atoms with Crippen molar-refractivity contribution in [1.29, 1.82) is 5.26 Å². The van der Waals surface area contributed by atoms with Crippen LogP contribution < -0.4 is 4.74 Å². The van der Waals surface area contributed by atoms with Gasteiger partial charge in [0.15, 0.2) is 0 Å². The molecule has 0 radical (unpaired) electrons. The SMILES string of the molecule is COc1cccc(CCS(=O)(=O)N2CCC(C#N)CC2)c1. The topological polar surface area (TPSA) is 70.4 Å². The van der Waals surface area contributed by atoms with Crippen LogP contribution in [0.4, 0.5) is 0 Å². The number of sulfonamides is 1. The summed E-state index contributed by atoms with van der Waals surface area (Å²) in [6.45, 7) is 0.914. The molecule has 1 fully saturated rings. The second-order valence-electron chi connectivity index (χ2n) is 5.22. The first-order valence-corrected chi connectivity index (χ1v) is 8.66. The lowest BCUT2D eigenvalue weighted by Gasteiger charge is -2.28. The molecule has 1 heterocycles. The Morgan fingerprint density at radius 3 is 2.71 bits per heavy atom. The third-order valence-corrected chi connectivity index (χ3v) is 5.68. The van der Waals surface area contributed by atoms with Crippen molar-refractivity contribution in [2.24, 2.45) is 5.92 Å². The Labute approximate surface area is 126 Å². The molecule has 1 saturated heterocycles. The molecule has 5 nitrogen and oxygen atoms in total. The molecule has 2 rings (SSSR count). The highest BCUT2D eigenvalue weighted by molar-refractivity contribution is 7.89. The molecule has 0 unspecified atom stereocenters. The van der Waals surface area contributed by atoms with Gasteiger partial charge >= 0.3 is 0 Å². The molecule has 1 aromatic rings. The first-order valence-electron chi connectivity index (χ1n) is 7.05. The Bertz CT molecular complexity index is 614. The summed E-state index contributed by atoms with van der Waals surface area (Å²) >= 11 is 0. The molecule has 0 saturated carbocycles. The van der Waals surface area contributed by atoms with Crippen molar-refractivity contribution in [3.05, 3.63) is 29.8 Å². The van der Waals surface area contributed by atoms with Gasteiger partial charge in [0.1, 0.15) is 5.75 Å². The minimum atomic E-state index is -3.25. The monoisotopic (exact) mass is 308 g/mol. The number of nitriles is 1. The molecule has 0 amide bonds. The van der Waals surface area contributed by atoms with Crippen LogP contribution in [0.5, 0.6) is 5.75 Å². The van der Waals surface area contributed by atoms with Gasteiger partial charge in [-0.2, -0.15) is 5.26 Å². The second-order valence-corrected chi connectivity index (χ2v) is 7.31. The fourth-order valence-corrected chi connectivity index (χ4v) is 3.99. The molecule has 114 valence electrons. The van der Waals surface area contributed by atoms with Crippen molar-refractivity contribution in [3.8, 4) is 11.8 Å². The molecule has 0 aliphatic carbocycles. The van der Waals surface area contributed by atoms with Crippen LogP contribution in [0.25, 0.3) is 0 Å². The number of hydrogen-bond acceptors (Lipinski definition) is 4. The van der Waals surface area contributed by atoms with Crippen LogP contribution in [0.1, 0.15) is 18.4 Å². The fraction of sp³-hybridized carbons (Fsp3) is 0.533. The molecule has 0 N–H and O–H groups in total. The van der Waals surface area contributed by atoms with Gasteiger partial charge in [0.25, 0.3) is 0 Å². The van der Waals surface area contributed by atoms with E-state index in [1.54, 1.807) is 7.11 Å². The van der Waals surface area contributed by atoms with E-state index in [-0.39, 0.29) is 11.7 Å². The summed E-state index contributed by atoms with van der Waals surface area (Å²) in [6.07, 6.45) is 1.74. The number of piperidine rings is 1. The van der Waals surface area contributed by atoms with Crippen molar-refractivity contribution in [2.45, 2.75) is 19.3 Å². The largest absolute Gasteiger partial charge is 0.497 e. The summed E-state index contributed by atoms with van der Waals surface area (Å²) < 4.78 is 31.3. The Morgan fingerprint density at radius 2 is 2.10 bits per heavy atom. The lowest BCUT2D eigenvalue weighted by Crippen LogP contribution is -2.39. The molecule has 1 aliphatic rings. The smallest absolute Gasteiger partial charge is 0.214 e. The number of hydrogen-bond donors (Lipinski definition) is 0. The molecular formula is C15H20N2O3S. The Hall–Kier alpha value is -1.58. The Morgan fingerprint density at radius 1 is 1.38 bits per heavy atom. The summed E-state index contributed by atoms with van der Waals surface area (Å²) in [7, 11) is -1.66. The predicted octanol–water partition coefficient (Wildman–Crippen LogP) is 1.80. The van der Waals surface area contributed by atoms with Gasteiger partial charge in [-0.05, 0) is 37.0 Å². The van der Waals surface area contributed by atoms with Gasteiger partial charge < -0.3 is 4.74 Å². The molecule has 1 aliphatic heterocycles. The normalized spacial score (nSPS) is 17.3. The molecule has 1 aromatic carbocycles. The van der Waals surface area contributed by atoms with Crippen LogP contribution in [-0.2, 0) is 16.4 Å². The molecule has 0 atom stereocenters. The average Bonchev–Trinajstić information content (AvgIpc) is 2.53. The van der Waals surface area contributed by atoms with Crippen LogP contribution in [0.2, 0.25) is 0 Å². The lowest BCUT2D eigenvalue weighted by atomic mass is 10.0. The Kier molecular flexibility index (Phi) is 5.21. The van der Waals surface area contributed by atoms with Gasteiger partial charge in [0.2, 0.25) is 10.0 Å². The molecule has 0 bridgehead atoms. The van der Waals surface area contributed by atoms with E-state index in [1.807, 2.05) is 24.3 Å². The highest BCUT2D eigenvalue weighted by atomic mass is 32.2. The van der Waals surface area contributed by atoms with Gasteiger partial charge in [-0.25, -0.2) is 12.7 Å². The zero-order valence-electron chi connectivity index (χ0n) is 12.2. The van der Waals surface area contributed by atoms with Crippen molar-refractivity contribution >= 4 is 10.0 Å². The second kappa shape index (κ2) is 6.92. The van der Waals surface area contributed by atoms with Crippen LogP contribution in [0.15, 0.2) is 24.3 Å². The first kappa shape index (κ1) is 15.8. The highest BCUT2D eigenvalue weighted by Gasteiger charge is 2.27. The number of ether oxygens (including phenoxy) is 1. The van der Waals surface area contributed by atoms with E-state index >= 15 is 0 Å². The number of methoxy groups -OCH3 is 1. The van der Waals surface area contributed by atoms with Gasteiger partial charge in [-0.15, -0.1) is 0 Å². The van der Waals surface area contributed by atoms with Crippen molar-refractivity contribution in [3.63, 3.8) is 0 Å². The maximum absolute atomic E-state index is 12.3. The zero-order chi connectivity index (χ0) is 15.3. The van der Waals surface area contributed by atoms with Crippen LogP contribution in [0.3, 0.4) is 0 Å². The van der Waals surface area contributed by atoms with Crippen molar-refractivity contribution < 1.29 is 13.2 Å². The van der Waals surface area contributed by atoms with Gasteiger partial charge in [-0.1, -0.05) is 12.1 Å². The number of rotatable bonds is 5. The van der Waals surface area contributed by atoms with Crippen LogP contribution in [-0.4, -0.2) is 38.7 Å². The third-order valence-electron chi connectivity index (χ3n) is 3.81. The summed E-state index contributed by atoms with van der Waals surface area (Å²) in [4.78, 5) is 0.